The molecule has 0 fully saturated rings. The standard InChI is InChI=1S/C25H23FN2O3/c1-28(17-24(30)27-22-9-5-8-21(26)16-22)25(31)15-14-23(29)20-12-10-19(11-13-20)18-6-3-2-4-7-18/h2-13,16H,14-15,17H2,1H3,(H,27,30). The first-order chi connectivity index (χ1) is 14.9. The summed E-state index contributed by atoms with van der Waals surface area (Å²) in [6.45, 7) is -0.185. The Balaban J connectivity index is 1.48. The lowest BCUT2D eigenvalue weighted by Crippen LogP contribution is -2.35. The zero-order valence-corrected chi connectivity index (χ0v) is 17.2. The molecule has 3 aromatic rings. The summed E-state index contributed by atoms with van der Waals surface area (Å²) in [5.74, 6) is -1.35. The predicted molar refractivity (Wildman–Crippen MR) is 118 cm³/mol. The van der Waals surface area contributed by atoms with Gasteiger partial charge in [-0.15, -0.1) is 0 Å². The number of carbonyl (C=O) groups is 3. The van der Waals surface area contributed by atoms with Crippen molar-refractivity contribution >= 4 is 23.3 Å². The van der Waals surface area contributed by atoms with Crippen LogP contribution < -0.4 is 5.32 Å². The van der Waals surface area contributed by atoms with Crippen LogP contribution in [0, 0.1) is 5.82 Å². The second kappa shape index (κ2) is 10.3. The van der Waals surface area contributed by atoms with Crippen LogP contribution in [0.5, 0.6) is 0 Å². The molecule has 31 heavy (non-hydrogen) atoms. The first-order valence-corrected chi connectivity index (χ1v) is 9.90. The van der Waals surface area contributed by atoms with Crippen LogP contribution in [-0.4, -0.2) is 36.1 Å². The minimum atomic E-state index is -0.461. The van der Waals surface area contributed by atoms with Gasteiger partial charge in [0.25, 0.3) is 0 Å². The number of anilines is 1. The van der Waals surface area contributed by atoms with E-state index in [4.69, 9.17) is 0 Å². The van der Waals surface area contributed by atoms with Crippen molar-refractivity contribution in [1.82, 2.24) is 4.90 Å². The monoisotopic (exact) mass is 418 g/mol. The predicted octanol–water partition coefficient (Wildman–Crippen LogP) is 4.55. The Morgan fingerprint density at radius 3 is 2.19 bits per heavy atom. The summed E-state index contributed by atoms with van der Waals surface area (Å²) < 4.78 is 13.2. The molecule has 0 heterocycles. The smallest absolute Gasteiger partial charge is 0.243 e. The van der Waals surface area contributed by atoms with Crippen molar-refractivity contribution in [2.24, 2.45) is 0 Å². The maximum absolute atomic E-state index is 13.2. The van der Waals surface area contributed by atoms with Gasteiger partial charge >= 0.3 is 0 Å². The van der Waals surface area contributed by atoms with Gasteiger partial charge in [0.15, 0.2) is 5.78 Å². The van der Waals surface area contributed by atoms with Crippen LogP contribution in [0.4, 0.5) is 10.1 Å². The van der Waals surface area contributed by atoms with E-state index in [0.29, 0.717) is 11.3 Å². The molecule has 0 radical (unpaired) electrons. The van der Waals surface area contributed by atoms with Gasteiger partial charge in [-0.1, -0.05) is 60.7 Å². The summed E-state index contributed by atoms with van der Waals surface area (Å²) in [6, 6.07) is 22.6. The minimum absolute atomic E-state index is 0.00299. The molecule has 0 aliphatic carbocycles. The molecule has 1 N–H and O–H groups in total. The van der Waals surface area contributed by atoms with Crippen molar-refractivity contribution in [2.75, 3.05) is 18.9 Å². The molecule has 0 aromatic heterocycles. The molecule has 0 saturated heterocycles. The molecule has 0 aliphatic heterocycles. The van der Waals surface area contributed by atoms with Crippen molar-refractivity contribution in [3.63, 3.8) is 0 Å². The van der Waals surface area contributed by atoms with Crippen LogP contribution in [0.3, 0.4) is 0 Å². The quantitative estimate of drug-likeness (QED) is 0.546. The van der Waals surface area contributed by atoms with Gasteiger partial charge in [0.05, 0.1) is 6.54 Å². The number of nitrogens with zero attached hydrogens (tertiary/aromatic N) is 1. The van der Waals surface area contributed by atoms with E-state index in [-0.39, 0.29) is 31.1 Å². The maximum Gasteiger partial charge on any atom is 0.243 e. The largest absolute Gasteiger partial charge is 0.336 e. The molecule has 0 aliphatic rings. The lowest BCUT2D eigenvalue weighted by Gasteiger charge is -2.16. The molecule has 158 valence electrons. The second-order valence-electron chi connectivity index (χ2n) is 7.17. The van der Waals surface area contributed by atoms with Gasteiger partial charge in [0.1, 0.15) is 5.82 Å². The molecule has 0 bridgehead atoms. The number of nitrogens with one attached hydrogen (secondary N) is 1. The van der Waals surface area contributed by atoms with E-state index in [0.717, 1.165) is 11.1 Å². The normalized spacial score (nSPS) is 10.4. The molecule has 0 atom stereocenters. The van der Waals surface area contributed by atoms with Crippen LogP contribution >= 0.6 is 0 Å². The fourth-order valence-electron chi connectivity index (χ4n) is 3.11. The third-order valence-corrected chi connectivity index (χ3v) is 4.79. The van der Waals surface area contributed by atoms with E-state index < -0.39 is 11.7 Å². The van der Waals surface area contributed by atoms with Gasteiger partial charge in [-0.3, -0.25) is 14.4 Å². The molecule has 0 spiro atoms. The number of amides is 2. The number of halogens is 1. The lowest BCUT2D eigenvalue weighted by molar-refractivity contribution is -0.133. The number of carbonyl (C=O) groups excluding carboxylic acids is 3. The Morgan fingerprint density at radius 1 is 0.839 bits per heavy atom. The highest BCUT2D eigenvalue weighted by Gasteiger charge is 2.16. The van der Waals surface area contributed by atoms with Gasteiger partial charge in [0.2, 0.25) is 11.8 Å². The number of hydrogen-bond acceptors (Lipinski definition) is 3. The molecule has 0 saturated carbocycles. The molecule has 6 heteroatoms. The van der Waals surface area contributed by atoms with Gasteiger partial charge in [-0.05, 0) is 29.3 Å². The minimum Gasteiger partial charge on any atom is -0.336 e. The van der Waals surface area contributed by atoms with Gasteiger partial charge in [-0.25, -0.2) is 4.39 Å². The molecular weight excluding hydrogens is 395 g/mol. The molecule has 5 nitrogen and oxygen atoms in total. The Labute approximate surface area is 180 Å². The van der Waals surface area contributed by atoms with Crippen LogP contribution in [0.15, 0.2) is 78.9 Å². The molecular formula is C25H23FN2O3. The molecule has 2 amide bonds. The Bertz CT molecular complexity index is 1070. The fraction of sp³-hybridized carbons (Fsp3) is 0.160. The first-order valence-electron chi connectivity index (χ1n) is 9.90. The number of likely N-dealkylation sites (N-methyl/N-ethyl adjacent to an activating group) is 1. The summed E-state index contributed by atoms with van der Waals surface area (Å²) in [4.78, 5) is 38.0. The fourth-order valence-corrected chi connectivity index (χ4v) is 3.11. The van der Waals surface area contributed by atoms with E-state index >= 15 is 0 Å². The average molecular weight is 418 g/mol. The van der Waals surface area contributed by atoms with Crippen molar-refractivity contribution in [2.45, 2.75) is 12.8 Å². The summed E-state index contributed by atoms with van der Waals surface area (Å²) >= 11 is 0. The van der Waals surface area contributed by atoms with E-state index in [9.17, 15) is 18.8 Å². The number of Topliss-reactive ketones (excluding diaryl/α,β-unsaturated/α-hetero) is 1. The molecule has 3 aromatic carbocycles. The van der Waals surface area contributed by atoms with Gasteiger partial charge < -0.3 is 10.2 Å². The number of hydrogen-bond donors (Lipinski definition) is 1. The first kappa shape index (κ1) is 21.9. The number of benzene rings is 3. The maximum atomic E-state index is 13.2. The third-order valence-electron chi connectivity index (χ3n) is 4.79. The van der Waals surface area contributed by atoms with Crippen molar-refractivity contribution < 1.29 is 18.8 Å². The van der Waals surface area contributed by atoms with E-state index in [1.165, 1.54) is 30.1 Å². The van der Waals surface area contributed by atoms with Crippen LogP contribution in [-0.2, 0) is 9.59 Å². The number of rotatable bonds is 8. The highest BCUT2D eigenvalue weighted by molar-refractivity contribution is 5.99. The van der Waals surface area contributed by atoms with Crippen molar-refractivity contribution in [3.8, 4) is 11.1 Å². The molecule has 3 rings (SSSR count). The van der Waals surface area contributed by atoms with E-state index in [1.807, 2.05) is 42.5 Å². The summed E-state index contributed by atoms with van der Waals surface area (Å²) in [6.07, 6.45) is 0.0579. The Hall–Kier alpha value is -3.80. The molecule has 0 unspecified atom stereocenters. The van der Waals surface area contributed by atoms with Gasteiger partial charge in [-0.2, -0.15) is 0 Å². The van der Waals surface area contributed by atoms with Crippen molar-refractivity contribution in [1.29, 1.82) is 0 Å². The third kappa shape index (κ3) is 6.34. The Kier molecular flexibility index (Phi) is 7.27. The second-order valence-corrected chi connectivity index (χ2v) is 7.17. The highest BCUT2D eigenvalue weighted by atomic mass is 19.1. The highest BCUT2D eigenvalue weighted by Crippen LogP contribution is 2.20. The van der Waals surface area contributed by atoms with Gasteiger partial charge in [0, 0.05) is 31.1 Å². The summed E-state index contributed by atoms with van der Waals surface area (Å²) in [5, 5.41) is 2.54. The SMILES string of the molecule is CN(CC(=O)Nc1cccc(F)c1)C(=O)CCC(=O)c1ccc(-c2ccccc2)cc1. The van der Waals surface area contributed by atoms with E-state index in [2.05, 4.69) is 5.32 Å². The zero-order chi connectivity index (χ0) is 22.2. The number of ketones is 1. The van der Waals surface area contributed by atoms with Crippen LogP contribution in [0.25, 0.3) is 11.1 Å². The average Bonchev–Trinajstić information content (AvgIpc) is 2.77. The zero-order valence-electron chi connectivity index (χ0n) is 17.2. The van der Waals surface area contributed by atoms with Crippen LogP contribution in [0.1, 0.15) is 23.2 Å². The van der Waals surface area contributed by atoms with E-state index in [1.54, 1.807) is 18.2 Å². The summed E-state index contributed by atoms with van der Waals surface area (Å²) in [5.41, 5.74) is 2.94. The van der Waals surface area contributed by atoms with Crippen molar-refractivity contribution in [3.05, 3.63) is 90.2 Å². The lowest BCUT2D eigenvalue weighted by atomic mass is 10.0. The summed E-state index contributed by atoms with van der Waals surface area (Å²) in [7, 11) is 1.49. The Morgan fingerprint density at radius 2 is 1.52 bits per heavy atom. The van der Waals surface area contributed by atoms with Crippen LogP contribution in [0.2, 0.25) is 0 Å². The topological polar surface area (TPSA) is 66.5 Å².